The number of benzene rings is 10. The van der Waals surface area contributed by atoms with Crippen molar-refractivity contribution in [3.8, 4) is 11.1 Å². The molecule has 0 amide bonds. The van der Waals surface area contributed by atoms with Gasteiger partial charge < -0.3 is 4.42 Å². The molecule has 55 heavy (non-hydrogen) atoms. The Labute approximate surface area is 317 Å². The molecule has 0 N–H and O–H groups in total. The highest BCUT2D eigenvalue weighted by molar-refractivity contribution is 6.25. The second kappa shape index (κ2) is 10.8. The van der Waals surface area contributed by atoms with Gasteiger partial charge in [0, 0.05) is 22.6 Å². The molecule has 10 aromatic carbocycles. The van der Waals surface area contributed by atoms with Crippen LogP contribution in [-0.4, -0.2) is 0 Å². The third-order valence-corrected chi connectivity index (χ3v) is 12.8. The van der Waals surface area contributed by atoms with Gasteiger partial charge in [-0.15, -0.1) is 0 Å². The molecule has 0 fully saturated rings. The van der Waals surface area contributed by atoms with Gasteiger partial charge in [0.1, 0.15) is 11.2 Å². The first-order valence-electron chi connectivity index (χ1n) is 19.3. The minimum absolute atomic E-state index is 0.176. The topological polar surface area (TPSA) is 13.1 Å². The normalized spacial score (nSPS) is 16.3. The Bertz CT molecular complexity index is 3530. The van der Waals surface area contributed by atoms with E-state index in [9.17, 15) is 0 Å². The van der Waals surface area contributed by atoms with Crippen LogP contribution in [0.2, 0.25) is 0 Å². The quantitative estimate of drug-likeness (QED) is 0.168. The number of hydrogen-bond acceptors (Lipinski definition) is 1. The molecule has 1 heterocycles. The van der Waals surface area contributed by atoms with Crippen LogP contribution in [0.1, 0.15) is 34.1 Å². The molecule has 0 bridgehead atoms. The van der Waals surface area contributed by atoms with E-state index in [1.165, 1.54) is 98.1 Å². The molecular formula is C54H32O. The molecule has 11 aromatic rings. The molecule has 1 heteroatoms. The number of furan rings is 1. The van der Waals surface area contributed by atoms with E-state index in [2.05, 4.69) is 182 Å². The number of fused-ring (bicyclic) bond motifs is 7. The van der Waals surface area contributed by atoms with Crippen molar-refractivity contribution in [2.45, 2.75) is 11.8 Å². The van der Waals surface area contributed by atoms with Crippen LogP contribution in [-0.2, 0) is 0 Å². The van der Waals surface area contributed by atoms with Crippen molar-refractivity contribution < 1.29 is 4.42 Å². The SMILES string of the molecule is c1ccc(C2=c3ccccc3=C(c3ccc4oc5ccc(-c6ccc7ccc8cccc9ccc6c7c89)cc5c4c3)C3c4cccc5cccc(c45)C23)cc1. The second-order valence-electron chi connectivity index (χ2n) is 15.5. The van der Waals surface area contributed by atoms with E-state index >= 15 is 0 Å². The summed E-state index contributed by atoms with van der Waals surface area (Å²) in [7, 11) is 0. The molecule has 0 radical (unpaired) electrons. The van der Waals surface area contributed by atoms with Gasteiger partial charge >= 0.3 is 0 Å². The first-order chi connectivity index (χ1) is 27.3. The van der Waals surface area contributed by atoms with E-state index in [0.717, 1.165) is 21.9 Å². The summed E-state index contributed by atoms with van der Waals surface area (Å²) in [5.74, 6) is 0.376. The lowest BCUT2D eigenvalue weighted by Crippen LogP contribution is -2.38. The summed E-state index contributed by atoms with van der Waals surface area (Å²) in [6, 6.07) is 67.9. The Morgan fingerprint density at radius 2 is 0.855 bits per heavy atom. The third-order valence-electron chi connectivity index (χ3n) is 12.8. The van der Waals surface area contributed by atoms with Crippen LogP contribution in [0.15, 0.2) is 186 Å². The highest BCUT2D eigenvalue weighted by Gasteiger charge is 2.42. The van der Waals surface area contributed by atoms with E-state index < -0.39 is 0 Å². The van der Waals surface area contributed by atoms with Crippen molar-refractivity contribution in [2.75, 3.05) is 0 Å². The zero-order chi connectivity index (χ0) is 35.8. The Balaban J connectivity index is 1.07. The Kier molecular flexibility index (Phi) is 5.80. The summed E-state index contributed by atoms with van der Waals surface area (Å²) < 4.78 is 6.58. The lowest BCUT2D eigenvalue weighted by molar-refractivity contribution is 0.669. The van der Waals surface area contributed by atoms with Crippen molar-refractivity contribution in [3.63, 3.8) is 0 Å². The fourth-order valence-corrected chi connectivity index (χ4v) is 10.6. The van der Waals surface area contributed by atoms with Gasteiger partial charge in [0.25, 0.3) is 0 Å². The zero-order valence-electron chi connectivity index (χ0n) is 29.9. The maximum Gasteiger partial charge on any atom is 0.135 e. The van der Waals surface area contributed by atoms with Crippen LogP contribution in [0.5, 0.6) is 0 Å². The number of rotatable bonds is 3. The lowest BCUT2D eigenvalue weighted by Gasteiger charge is -2.32. The van der Waals surface area contributed by atoms with Gasteiger partial charge in [0.05, 0.1) is 0 Å². The molecule has 0 saturated heterocycles. The van der Waals surface area contributed by atoms with Crippen LogP contribution >= 0.6 is 0 Å². The Morgan fingerprint density at radius 3 is 1.55 bits per heavy atom. The summed E-state index contributed by atoms with van der Waals surface area (Å²) in [4.78, 5) is 0. The van der Waals surface area contributed by atoms with E-state index in [1.807, 2.05) is 0 Å². The fourth-order valence-electron chi connectivity index (χ4n) is 10.6. The van der Waals surface area contributed by atoms with Crippen LogP contribution in [0.25, 0.3) is 87.3 Å². The van der Waals surface area contributed by atoms with Gasteiger partial charge in [-0.1, -0.05) is 158 Å². The molecule has 2 unspecified atom stereocenters. The summed E-state index contributed by atoms with van der Waals surface area (Å²) >= 11 is 0. The van der Waals surface area contributed by atoms with E-state index in [0.29, 0.717) is 0 Å². The molecule has 254 valence electrons. The van der Waals surface area contributed by atoms with Crippen LogP contribution in [0.3, 0.4) is 0 Å². The summed E-state index contributed by atoms with van der Waals surface area (Å²) in [6.45, 7) is 0. The second-order valence-corrected chi connectivity index (χ2v) is 15.5. The molecular weight excluding hydrogens is 665 g/mol. The van der Waals surface area contributed by atoms with Crippen molar-refractivity contribution in [3.05, 3.63) is 215 Å². The average Bonchev–Trinajstić information content (AvgIpc) is 3.78. The standard InChI is InChI=1S/C54H32O/c1-2-9-32(10-3-1)51-39-15-4-5-16-40(39)52(54-43-18-8-14-31-13-7-17-42(49(31)43)53(51)54)37-24-28-47-45(30-37)44-29-36(23-27-46(44)55-47)38-25-21-35-20-19-33-11-6-12-34-22-26-41(38)50(35)48(33)34/h1-30,53-54H. The van der Waals surface area contributed by atoms with Gasteiger partial charge in [0.15, 0.2) is 0 Å². The van der Waals surface area contributed by atoms with Crippen molar-refractivity contribution >= 4 is 76.2 Å². The predicted molar refractivity (Wildman–Crippen MR) is 229 cm³/mol. The van der Waals surface area contributed by atoms with Gasteiger partial charge in [-0.2, -0.15) is 0 Å². The molecule has 2 aliphatic rings. The molecule has 2 aliphatic carbocycles. The maximum atomic E-state index is 6.58. The summed E-state index contributed by atoms with van der Waals surface area (Å²) in [5, 5.41) is 15.5. The first kappa shape index (κ1) is 29.5. The van der Waals surface area contributed by atoms with Crippen molar-refractivity contribution in [2.24, 2.45) is 0 Å². The molecule has 13 rings (SSSR count). The first-order valence-corrected chi connectivity index (χ1v) is 19.3. The number of hydrogen-bond donors (Lipinski definition) is 0. The van der Waals surface area contributed by atoms with E-state index in [1.54, 1.807) is 0 Å². The fraction of sp³-hybridized carbons (Fsp3) is 0.0370. The minimum atomic E-state index is 0.176. The van der Waals surface area contributed by atoms with Gasteiger partial charge in [-0.3, -0.25) is 0 Å². The van der Waals surface area contributed by atoms with Gasteiger partial charge in [-0.25, -0.2) is 0 Å². The summed E-state index contributed by atoms with van der Waals surface area (Å²) in [6.07, 6.45) is 0. The van der Waals surface area contributed by atoms with E-state index in [-0.39, 0.29) is 11.8 Å². The summed E-state index contributed by atoms with van der Waals surface area (Å²) in [5.41, 5.74) is 12.5. The molecule has 0 spiro atoms. The molecule has 0 aliphatic heterocycles. The average molecular weight is 697 g/mol. The van der Waals surface area contributed by atoms with Crippen molar-refractivity contribution in [1.82, 2.24) is 0 Å². The largest absolute Gasteiger partial charge is 0.456 e. The lowest BCUT2D eigenvalue weighted by atomic mass is 9.70. The Hall–Kier alpha value is -6.96. The highest BCUT2D eigenvalue weighted by Crippen LogP contribution is 2.57. The van der Waals surface area contributed by atoms with Crippen molar-refractivity contribution in [1.29, 1.82) is 0 Å². The van der Waals surface area contributed by atoms with Crippen LogP contribution in [0.4, 0.5) is 0 Å². The van der Waals surface area contributed by atoms with Crippen LogP contribution < -0.4 is 10.4 Å². The van der Waals surface area contributed by atoms with E-state index in [4.69, 9.17) is 4.42 Å². The molecule has 1 nitrogen and oxygen atoms in total. The monoisotopic (exact) mass is 696 g/mol. The minimum Gasteiger partial charge on any atom is -0.456 e. The Morgan fingerprint density at radius 1 is 0.327 bits per heavy atom. The molecule has 2 atom stereocenters. The third kappa shape index (κ3) is 3.97. The smallest absolute Gasteiger partial charge is 0.135 e. The van der Waals surface area contributed by atoms with Crippen LogP contribution in [0, 0.1) is 0 Å². The molecule has 0 saturated carbocycles. The van der Waals surface area contributed by atoms with Gasteiger partial charge in [0.2, 0.25) is 0 Å². The van der Waals surface area contributed by atoms with Gasteiger partial charge in [-0.05, 0) is 122 Å². The molecule has 1 aromatic heterocycles. The highest BCUT2D eigenvalue weighted by atomic mass is 16.3. The zero-order valence-corrected chi connectivity index (χ0v) is 29.9. The maximum absolute atomic E-state index is 6.58. The predicted octanol–water partition coefficient (Wildman–Crippen LogP) is 12.6.